The van der Waals surface area contributed by atoms with Crippen molar-refractivity contribution in [1.82, 2.24) is 20.4 Å². The molecule has 110 valence electrons. The van der Waals surface area contributed by atoms with E-state index in [1.807, 2.05) is 31.4 Å². The fraction of sp³-hybridized carbons (Fsp3) is 0.375. The zero-order valence-corrected chi connectivity index (χ0v) is 12.2. The van der Waals surface area contributed by atoms with Gasteiger partial charge >= 0.3 is 0 Å². The van der Waals surface area contributed by atoms with Gasteiger partial charge in [0.2, 0.25) is 0 Å². The number of fused-ring (bicyclic) bond motifs is 1. The van der Waals surface area contributed by atoms with Gasteiger partial charge in [0.05, 0.1) is 5.69 Å². The van der Waals surface area contributed by atoms with E-state index in [-0.39, 0.29) is 5.91 Å². The predicted molar refractivity (Wildman–Crippen MR) is 81.1 cm³/mol. The molecule has 0 saturated heterocycles. The molecule has 0 atom stereocenters. The minimum atomic E-state index is -0.0145. The topological polar surface area (TPSA) is 59.0 Å². The Morgan fingerprint density at radius 2 is 2.29 bits per heavy atom. The number of amides is 1. The summed E-state index contributed by atoms with van der Waals surface area (Å²) in [5.41, 5.74) is 4.31. The molecule has 1 aliphatic rings. The van der Waals surface area contributed by atoms with Gasteiger partial charge in [0.15, 0.2) is 0 Å². The van der Waals surface area contributed by atoms with Crippen molar-refractivity contribution in [3.05, 3.63) is 52.8 Å². The highest BCUT2D eigenvalue weighted by atomic mass is 16.1. The Hall–Kier alpha value is -2.14. The second-order valence-corrected chi connectivity index (χ2v) is 5.40. The van der Waals surface area contributed by atoms with Gasteiger partial charge in [-0.25, -0.2) is 0 Å². The Labute approximate surface area is 124 Å². The second-order valence-electron chi connectivity index (χ2n) is 5.40. The molecule has 2 N–H and O–H groups in total. The monoisotopic (exact) mass is 284 g/mol. The van der Waals surface area contributed by atoms with Crippen LogP contribution in [0.4, 0.5) is 0 Å². The van der Waals surface area contributed by atoms with Crippen LogP contribution in [0.1, 0.15) is 27.2 Å². The number of rotatable bonds is 4. The Morgan fingerprint density at radius 3 is 3.10 bits per heavy atom. The molecule has 1 aromatic heterocycles. The molecule has 0 radical (unpaired) electrons. The van der Waals surface area contributed by atoms with E-state index in [1.54, 1.807) is 4.68 Å². The van der Waals surface area contributed by atoms with Crippen molar-refractivity contribution in [3.63, 3.8) is 0 Å². The standard InChI is InChI=1S/C16H20N4O/c1-20-9-6-15(19-20)5-8-18-16(21)13-3-2-12-4-7-17-11-14(12)10-13/h2-3,6,9-10,17H,4-5,7-8,11H2,1H3,(H,18,21). The van der Waals surface area contributed by atoms with Crippen LogP contribution < -0.4 is 10.6 Å². The van der Waals surface area contributed by atoms with Crippen molar-refractivity contribution in [2.75, 3.05) is 13.1 Å². The smallest absolute Gasteiger partial charge is 0.251 e. The maximum atomic E-state index is 12.2. The number of hydrogen-bond donors (Lipinski definition) is 2. The van der Waals surface area contributed by atoms with Crippen LogP contribution in [0, 0.1) is 0 Å². The lowest BCUT2D eigenvalue weighted by molar-refractivity contribution is 0.0954. The van der Waals surface area contributed by atoms with E-state index in [0.29, 0.717) is 6.54 Å². The summed E-state index contributed by atoms with van der Waals surface area (Å²) in [4.78, 5) is 12.2. The fourth-order valence-corrected chi connectivity index (χ4v) is 2.62. The molecule has 5 nitrogen and oxygen atoms in total. The Balaban J connectivity index is 1.57. The molecular weight excluding hydrogens is 264 g/mol. The summed E-state index contributed by atoms with van der Waals surface area (Å²) in [5.74, 6) is -0.0145. The molecule has 0 fully saturated rings. The number of nitrogens with zero attached hydrogens (tertiary/aromatic N) is 2. The van der Waals surface area contributed by atoms with Crippen LogP contribution in [0.25, 0.3) is 0 Å². The summed E-state index contributed by atoms with van der Waals surface area (Å²) in [6.07, 6.45) is 3.70. The lowest BCUT2D eigenvalue weighted by Gasteiger charge is -2.17. The number of aromatic nitrogens is 2. The molecule has 2 aromatic rings. The summed E-state index contributed by atoms with van der Waals surface area (Å²) < 4.78 is 1.77. The summed E-state index contributed by atoms with van der Waals surface area (Å²) in [7, 11) is 1.89. The highest BCUT2D eigenvalue weighted by Crippen LogP contribution is 2.15. The molecule has 0 spiro atoms. The summed E-state index contributed by atoms with van der Waals surface area (Å²) >= 11 is 0. The molecule has 5 heteroatoms. The maximum Gasteiger partial charge on any atom is 0.251 e. The van der Waals surface area contributed by atoms with Crippen LogP contribution >= 0.6 is 0 Å². The van der Waals surface area contributed by atoms with Gasteiger partial charge in [0, 0.05) is 38.3 Å². The highest BCUT2D eigenvalue weighted by Gasteiger charge is 2.12. The maximum absolute atomic E-state index is 12.2. The van der Waals surface area contributed by atoms with E-state index in [9.17, 15) is 4.79 Å². The summed E-state index contributed by atoms with van der Waals surface area (Å²) in [6, 6.07) is 7.96. The van der Waals surface area contributed by atoms with Gasteiger partial charge in [0.25, 0.3) is 5.91 Å². The van der Waals surface area contributed by atoms with Crippen LogP contribution in [0.3, 0.4) is 0 Å². The minimum Gasteiger partial charge on any atom is -0.352 e. The number of nitrogens with one attached hydrogen (secondary N) is 2. The Morgan fingerprint density at radius 1 is 1.38 bits per heavy atom. The van der Waals surface area contributed by atoms with Crippen molar-refractivity contribution in [2.45, 2.75) is 19.4 Å². The van der Waals surface area contributed by atoms with Crippen LogP contribution in [-0.4, -0.2) is 28.8 Å². The molecular formula is C16H20N4O. The third-order valence-electron chi connectivity index (χ3n) is 3.79. The molecule has 1 aromatic carbocycles. The van der Waals surface area contributed by atoms with E-state index in [2.05, 4.69) is 21.8 Å². The zero-order chi connectivity index (χ0) is 14.7. The van der Waals surface area contributed by atoms with E-state index in [4.69, 9.17) is 0 Å². The highest BCUT2D eigenvalue weighted by molar-refractivity contribution is 5.94. The molecule has 3 rings (SSSR count). The molecule has 0 saturated carbocycles. The van der Waals surface area contributed by atoms with E-state index in [1.165, 1.54) is 11.1 Å². The van der Waals surface area contributed by atoms with E-state index in [0.717, 1.165) is 37.2 Å². The molecule has 0 unspecified atom stereocenters. The first-order chi connectivity index (χ1) is 10.2. The number of carbonyl (C=O) groups excluding carboxylic acids is 1. The van der Waals surface area contributed by atoms with Crippen LogP contribution in [0.2, 0.25) is 0 Å². The molecule has 21 heavy (non-hydrogen) atoms. The average molecular weight is 284 g/mol. The zero-order valence-electron chi connectivity index (χ0n) is 12.2. The third kappa shape index (κ3) is 3.31. The van der Waals surface area contributed by atoms with Crippen molar-refractivity contribution >= 4 is 5.91 Å². The predicted octanol–water partition coefficient (Wildman–Crippen LogP) is 1.04. The number of hydrogen-bond acceptors (Lipinski definition) is 3. The lowest BCUT2D eigenvalue weighted by atomic mass is 9.98. The van der Waals surface area contributed by atoms with Gasteiger partial charge in [-0.3, -0.25) is 9.48 Å². The lowest BCUT2D eigenvalue weighted by Crippen LogP contribution is -2.27. The number of aryl methyl sites for hydroxylation is 1. The van der Waals surface area contributed by atoms with Crippen LogP contribution in [-0.2, 0) is 26.4 Å². The van der Waals surface area contributed by atoms with Gasteiger partial charge in [-0.1, -0.05) is 6.07 Å². The number of carbonyl (C=O) groups is 1. The molecule has 1 aliphatic heterocycles. The normalized spacial score (nSPS) is 13.8. The molecule has 0 bridgehead atoms. The van der Waals surface area contributed by atoms with E-state index >= 15 is 0 Å². The van der Waals surface area contributed by atoms with Crippen molar-refractivity contribution in [1.29, 1.82) is 0 Å². The molecule has 2 heterocycles. The largest absolute Gasteiger partial charge is 0.352 e. The fourth-order valence-electron chi connectivity index (χ4n) is 2.62. The first kappa shape index (κ1) is 13.8. The first-order valence-electron chi connectivity index (χ1n) is 7.31. The molecule has 0 aliphatic carbocycles. The van der Waals surface area contributed by atoms with Gasteiger partial charge < -0.3 is 10.6 Å². The second kappa shape index (κ2) is 6.10. The van der Waals surface area contributed by atoms with Gasteiger partial charge in [0.1, 0.15) is 0 Å². The summed E-state index contributed by atoms with van der Waals surface area (Å²) in [5, 5.41) is 10.6. The van der Waals surface area contributed by atoms with E-state index < -0.39 is 0 Å². The average Bonchev–Trinajstić information content (AvgIpc) is 2.92. The number of benzene rings is 1. The van der Waals surface area contributed by atoms with Crippen molar-refractivity contribution < 1.29 is 4.79 Å². The van der Waals surface area contributed by atoms with Crippen molar-refractivity contribution in [3.8, 4) is 0 Å². The molecule has 1 amide bonds. The van der Waals surface area contributed by atoms with Gasteiger partial charge in [-0.05, 0) is 42.3 Å². The SMILES string of the molecule is Cn1ccc(CCNC(=O)c2ccc3c(c2)CNCC3)n1. The quantitative estimate of drug-likeness (QED) is 0.882. The first-order valence-corrected chi connectivity index (χ1v) is 7.31. The Bertz CT molecular complexity index is 647. The Kier molecular flexibility index (Phi) is 4.01. The third-order valence-corrected chi connectivity index (χ3v) is 3.79. The minimum absolute atomic E-state index is 0.0145. The van der Waals surface area contributed by atoms with Gasteiger partial charge in [-0.2, -0.15) is 5.10 Å². The van der Waals surface area contributed by atoms with Gasteiger partial charge in [-0.15, -0.1) is 0 Å². The van der Waals surface area contributed by atoms with Crippen LogP contribution in [0.5, 0.6) is 0 Å². The van der Waals surface area contributed by atoms with Crippen LogP contribution in [0.15, 0.2) is 30.5 Å². The van der Waals surface area contributed by atoms with Crippen molar-refractivity contribution in [2.24, 2.45) is 7.05 Å². The summed E-state index contributed by atoms with van der Waals surface area (Å²) in [6.45, 7) is 2.47.